The van der Waals surface area contributed by atoms with E-state index in [0.29, 0.717) is 12.2 Å². The third kappa shape index (κ3) is 4.08. The van der Waals surface area contributed by atoms with Crippen LogP contribution in [0.5, 0.6) is 5.75 Å². The Morgan fingerprint density at radius 2 is 1.93 bits per heavy atom. The first-order valence-corrected chi connectivity index (χ1v) is 10.4. The number of fused-ring (bicyclic) bond motifs is 1. The lowest BCUT2D eigenvalue weighted by molar-refractivity contribution is 0.0933. The van der Waals surface area contributed by atoms with Crippen LogP contribution in [0.3, 0.4) is 0 Å². The molecule has 28 heavy (non-hydrogen) atoms. The molecule has 2 N–H and O–H groups in total. The average Bonchev–Trinajstić information content (AvgIpc) is 3.38. The van der Waals surface area contributed by atoms with Gasteiger partial charge in [0.25, 0.3) is 5.91 Å². The minimum Gasteiger partial charge on any atom is -0.497 e. The molecule has 1 aliphatic heterocycles. The van der Waals surface area contributed by atoms with Gasteiger partial charge in [-0.25, -0.2) is 0 Å². The van der Waals surface area contributed by atoms with Gasteiger partial charge in [0.2, 0.25) is 0 Å². The third-order valence-electron chi connectivity index (χ3n) is 5.37. The van der Waals surface area contributed by atoms with Crippen LogP contribution in [0, 0.1) is 0 Å². The molecule has 0 unspecified atom stereocenters. The number of rotatable bonds is 6. The quantitative estimate of drug-likeness (QED) is 0.591. The zero-order valence-electron chi connectivity index (χ0n) is 15.9. The molecule has 1 aromatic heterocycles. The zero-order valence-corrected chi connectivity index (χ0v) is 17.5. The van der Waals surface area contributed by atoms with Crippen LogP contribution in [0.1, 0.15) is 34.9 Å². The fourth-order valence-corrected chi connectivity index (χ4v) is 4.23. The van der Waals surface area contributed by atoms with Gasteiger partial charge in [0, 0.05) is 21.9 Å². The lowest BCUT2D eigenvalue weighted by atomic mass is 10.1. The van der Waals surface area contributed by atoms with E-state index in [2.05, 4.69) is 43.3 Å². The Hall–Kier alpha value is -2.31. The highest BCUT2D eigenvalue weighted by Gasteiger charge is 2.24. The van der Waals surface area contributed by atoms with Gasteiger partial charge in [-0.1, -0.05) is 28.1 Å². The fourth-order valence-electron chi connectivity index (χ4n) is 3.85. The number of methoxy groups -OCH3 is 1. The summed E-state index contributed by atoms with van der Waals surface area (Å²) in [4.78, 5) is 18.4. The Bertz CT molecular complexity index is 962. The van der Waals surface area contributed by atoms with Crippen LogP contribution in [0.2, 0.25) is 0 Å². The van der Waals surface area contributed by atoms with Crippen molar-refractivity contribution in [3.63, 3.8) is 0 Å². The van der Waals surface area contributed by atoms with E-state index in [0.717, 1.165) is 34.2 Å². The van der Waals surface area contributed by atoms with E-state index in [9.17, 15) is 4.79 Å². The Morgan fingerprint density at radius 3 is 2.64 bits per heavy atom. The Kier molecular flexibility index (Phi) is 5.69. The molecule has 1 fully saturated rings. The van der Waals surface area contributed by atoms with E-state index in [1.807, 2.05) is 36.4 Å². The molecule has 4 rings (SSSR count). The van der Waals surface area contributed by atoms with E-state index >= 15 is 0 Å². The lowest BCUT2D eigenvalue weighted by Gasteiger charge is -2.28. The van der Waals surface area contributed by atoms with Crippen molar-refractivity contribution >= 4 is 32.7 Å². The number of H-pyrrole nitrogens is 1. The van der Waals surface area contributed by atoms with E-state index in [4.69, 9.17) is 4.74 Å². The Labute approximate surface area is 173 Å². The molecule has 0 spiro atoms. The van der Waals surface area contributed by atoms with E-state index < -0.39 is 0 Å². The van der Waals surface area contributed by atoms with Crippen molar-refractivity contribution in [2.24, 2.45) is 0 Å². The van der Waals surface area contributed by atoms with Crippen molar-refractivity contribution in [2.45, 2.75) is 18.9 Å². The second-order valence-corrected chi connectivity index (χ2v) is 8.07. The molecule has 2 aromatic carbocycles. The van der Waals surface area contributed by atoms with E-state index in [1.54, 1.807) is 7.11 Å². The normalized spacial score (nSPS) is 15.6. The van der Waals surface area contributed by atoms with Gasteiger partial charge in [-0.3, -0.25) is 9.69 Å². The van der Waals surface area contributed by atoms with Gasteiger partial charge in [0.1, 0.15) is 11.4 Å². The molecular weight excluding hydrogens is 418 g/mol. The molecule has 1 saturated heterocycles. The maximum Gasteiger partial charge on any atom is 0.267 e. The highest BCUT2D eigenvalue weighted by Crippen LogP contribution is 2.26. The average molecular weight is 442 g/mol. The number of hydrogen-bond donors (Lipinski definition) is 2. The molecule has 1 amide bonds. The van der Waals surface area contributed by atoms with Crippen molar-refractivity contribution in [1.82, 2.24) is 15.2 Å². The summed E-state index contributed by atoms with van der Waals surface area (Å²) in [5.74, 6) is 0.766. The summed E-state index contributed by atoms with van der Waals surface area (Å²) in [7, 11) is 1.67. The van der Waals surface area contributed by atoms with Crippen molar-refractivity contribution in [3.8, 4) is 5.75 Å². The standard InChI is InChI=1S/C22H24BrN3O2/c1-28-18-7-4-15(5-8-18)21(26-10-2-3-11-26)14-24-22(27)20-13-16-12-17(23)6-9-19(16)25-20/h4-9,12-13,21,25H,2-3,10-11,14H2,1H3,(H,24,27)/t21-/m1/s1. The molecule has 0 aliphatic carbocycles. The molecule has 146 valence electrons. The summed E-state index contributed by atoms with van der Waals surface area (Å²) < 4.78 is 6.28. The van der Waals surface area contributed by atoms with Crippen LogP contribution < -0.4 is 10.1 Å². The van der Waals surface area contributed by atoms with Crippen molar-refractivity contribution in [2.75, 3.05) is 26.7 Å². The predicted molar refractivity (Wildman–Crippen MR) is 115 cm³/mol. The highest BCUT2D eigenvalue weighted by molar-refractivity contribution is 9.10. The fraction of sp³-hybridized carbons (Fsp3) is 0.318. The second-order valence-electron chi connectivity index (χ2n) is 7.16. The van der Waals surface area contributed by atoms with Crippen LogP contribution in [0.4, 0.5) is 0 Å². The number of benzene rings is 2. The van der Waals surface area contributed by atoms with Crippen molar-refractivity contribution in [3.05, 3.63) is 64.3 Å². The first-order chi connectivity index (χ1) is 13.6. The maximum absolute atomic E-state index is 12.8. The molecule has 0 bridgehead atoms. The molecular formula is C22H24BrN3O2. The summed E-state index contributed by atoms with van der Waals surface area (Å²) in [5.41, 5.74) is 2.74. The molecule has 3 aromatic rings. The van der Waals surface area contributed by atoms with Crippen LogP contribution >= 0.6 is 15.9 Å². The topological polar surface area (TPSA) is 57.4 Å². The van der Waals surface area contributed by atoms with Gasteiger partial charge in [0.15, 0.2) is 0 Å². The predicted octanol–water partition coefficient (Wildman–Crippen LogP) is 4.51. The summed E-state index contributed by atoms with van der Waals surface area (Å²) in [6.45, 7) is 2.70. The second kappa shape index (κ2) is 8.37. The first kappa shape index (κ1) is 19.0. The largest absolute Gasteiger partial charge is 0.497 e. The van der Waals surface area contributed by atoms with Crippen molar-refractivity contribution in [1.29, 1.82) is 0 Å². The van der Waals surface area contributed by atoms with Gasteiger partial charge in [0.05, 0.1) is 13.2 Å². The Balaban J connectivity index is 1.50. The summed E-state index contributed by atoms with van der Waals surface area (Å²) in [6.07, 6.45) is 2.41. The van der Waals surface area contributed by atoms with Gasteiger partial charge >= 0.3 is 0 Å². The van der Waals surface area contributed by atoms with Gasteiger partial charge < -0.3 is 15.0 Å². The molecule has 0 radical (unpaired) electrons. The third-order valence-corrected chi connectivity index (χ3v) is 5.86. The molecule has 6 heteroatoms. The number of ether oxygens (including phenoxy) is 1. The minimum atomic E-state index is -0.0787. The maximum atomic E-state index is 12.8. The van der Waals surface area contributed by atoms with E-state index in [1.165, 1.54) is 18.4 Å². The SMILES string of the molecule is COc1ccc([C@@H](CNC(=O)c2cc3cc(Br)ccc3[nH]2)N2CCCC2)cc1. The molecule has 0 saturated carbocycles. The number of nitrogens with zero attached hydrogens (tertiary/aromatic N) is 1. The van der Waals surface area contributed by atoms with Crippen LogP contribution in [-0.4, -0.2) is 42.5 Å². The molecule has 5 nitrogen and oxygen atoms in total. The number of nitrogens with one attached hydrogen (secondary N) is 2. The first-order valence-electron chi connectivity index (χ1n) is 9.58. The number of aromatic amines is 1. The summed E-state index contributed by atoms with van der Waals surface area (Å²) >= 11 is 3.47. The smallest absolute Gasteiger partial charge is 0.267 e. The number of aromatic nitrogens is 1. The van der Waals surface area contributed by atoms with Gasteiger partial charge in [-0.15, -0.1) is 0 Å². The highest BCUT2D eigenvalue weighted by atomic mass is 79.9. The molecule has 1 atom stereocenters. The Morgan fingerprint density at radius 1 is 1.18 bits per heavy atom. The van der Waals surface area contributed by atoms with Gasteiger partial charge in [-0.2, -0.15) is 0 Å². The monoisotopic (exact) mass is 441 g/mol. The number of halogens is 1. The summed E-state index contributed by atoms with van der Waals surface area (Å²) in [6, 6.07) is 16.2. The van der Waals surface area contributed by atoms with Crippen LogP contribution in [-0.2, 0) is 0 Å². The van der Waals surface area contributed by atoms with Crippen LogP contribution in [0.15, 0.2) is 53.0 Å². The number of carbonyl (C=O) groups is 1. The lowest BCUT2D eigenvalue weighted by Crippen LogP contribution is -2.36. The summed E-state index contributed by atoms with van der Waals surface area (Å²) in [5, 5.41) is 4.14. The number of hydrogen-bond acceptors (Lipinski definition) is 3. The minimum absolute atomic E-state index is 0.0787. The number of carbonyl (C=O) groups excluding carboxylic acids is 1. The number of amides is 1. The molecule has 2 heterocycles. The van der Waals surface area contributed by atoms with Crippen LogP contribution in [0.25, 0.3) is 10.9 Å². The van der Waals surface area contributed by atoms with Gasteiger partial charge in [-0.05, 0) is 67.9 Å². The van der Waals surface area contributed by atoms with Crippen molar-refractivity contribution < 1.29 is 9.53 Å². The molecule has 1 aliphatic rings. The number of likely N-dealkylation sites (tertiary alicyclic amines) is 1. The zero-order chi connectivity index (χ0) is 19.5. The van der Waals surface area contributed by atoms with E-state index in [-0.39, 0.29) is 11.9 Å².